The smallest absolute Gasteiger partial charge is 0.126 e. The van der Waals surface area contributed by atoms with E-state index >= 15 is 0 Å². The normalized spacial score (nSPS) is 10.5. The lowest BCUT2D eigenvalue weighted by Gasteiger charge is -2.04. The molecule has 3 heteroatoms. The Kier molecular flexibility index (Phi) is 2.69. The molecule has 2 rings (SSSR count). The Labute approximate surface area is 91.4 Å². The van der Waals surface area contributed by atoms with Crippen molar-refractivity contribution in [2.75, 3.05) is 0 Å². The molecule has 0 nitrogen and oxygen atoms in total. The highest BCUT2D eigenvalue weighted by Gasteiger charge is 2.05. The van der Waals surface area contributed by atoms with E-state index in [0.717, 1.165) is 6.07 Å². The molecule has 0 aliphatic rings. The number of benzene rings is 2. The highest BCUT2D eigenvalue weighted by atomic mass is 19.1. The van der Waals surface area contributed by atoms with Crippen LogP contribution in [0.25, 0.3) is 11.1 Å². The fourth-order valence-corrected chi connectivity index (χ4v) is 1.62. The van der Waals surface area contributed by atoms with E-state index in [1.165, 1.54) is 24.3 Å². The van der Waals surface area contributed by atoms with Gasteiger partial charge in [-0.2, -0.15) is 0 Å². The Morgan fingerprint density at radius 2 is 1.06 bits per heavy atom. The molecule has 0 N–H and O–H groups in total. The van der Waals surface area contributed by atoms with Gasteiger partial charge in [0.15, 0.2) is 0 Å². The Morgan fingerprint density at radius 3 is 1.56 bits per heavy atom. The molecule has 2 aromatic carbocycles. The highest BCUT2D eigenvalue weighted by Crippen LogP contribution is 2.23. The molecule has 0 saturated carbocycles. The summed E-state index contributed by atoms with van der Waals surface area (Å²) in [6, 6.07) is 7.43. The first-order chi connectivity index (χ1) is 7.54. The van der Waals surface area contributed by atoms with Gasteiger partial charge in [0.05, 0.1) is 0 Å². The van der Waals surface area contributed by atoms with Gasteiger partial charge in [-0.15, -0.1) is 0 Å². The van der Waals surface area contributed by atoms with Crippen LogP contribution in [0.2, 0.25) is 0 Å². The van der Waals surface area contributed by atoms with E-state index in [4.69, 9.17) is 0 Å². The third kappa shape index (κ3) is 2.24. The van der Waals surface area contributed by atoms with Gasteiger partial charge in [-0.3, -0.25) is 0 Å². The third-order valence-corrected chi connectivity index (χ3v) is 2.24. The average Bonchev–Trinajstić information content (AvgIpc) is 2.14. The largest absolute Gasteiger partial charge is 0.207 e. The van der Waals surface area contributed by atoms with Crippen molar-refractivity contribution in [2.45, 2.75) is 6.92 Å². The van der Waals surface area contributed by atoms with E-state index in [-0.39, 0.29) is 0 Å². The highest BCUT2D eigenvalue weighted by molar-refractivity contribution is 5.64. The number of aryl methyl sites for hydroxylation is 1. The van der Waals surface area contributed by atoms with Crippen LogP contribution in [-0.4, -0.2) is 0 Å². The zero-order valence-corrected chi connectivity index (χ0v) is 8.60. The Balaban J connectivity index is 2.57. The number of rotatable bonds is 1. The minimum absolute atomic E-state index is 0.333. The zero-order valence-electron chi connectivity index (χ0n) is 8.60. The van der Waals surface area contributed by atoms with Gasteiger partial charge in [0.2, 0.25) is 0 Å². The predicted molar refractivity (Wildman–Crippen MR) is 56.5 cm³/mol. The minimum Gasteiger partial charge on any atom is -0.207 e. The summed E-state index contributed by atoms with van der Waals surface area (Å²) in [6.07, 6.45) is 0. The summed E-state index contributed by atoms with van der Waals surface area (Å²) in [7, 11) is 0. The predicted octanol–water partition coefficient (Wildman–Crippen LogP) is 4.08. The number of hydrogen-bond acceptors (Lipinski definition) is 0. The van der Waals surface area contributed by atoms with Crippen molar-refractivity contribution in [1.82, 2.24) is 0 Å². The molecule has 0 spiro atoms. The second-order valence-electron chi connectivity index (χ2n) is 3.68. The van der Waals surface area contributed by atoms with Gasteiger partial charge < -0.3 is 0 Å². The molecule has 82 valence electrons. The van der Waals surface area contributed by atoms with Crippen LogP contribution in [0.1, 0.15) is 5.56 Å². The van der Waals surface area contributed by atoms with E-state index in [1.807, 2.05) is 0 Å². The summed E-state index contributed by atoms with van der Waals surface area (Å²) in [5.41, 5.74) is 1.51. The first-order valence-corrected chi connectivity index (χ1v) is 4.78. The SMILES string of the molecule is Cc1cc(F)cc(-c2cc(F)cc(F)c2)c1. The maximum absolute atomic E-state index is 13.1. The van der Waals surface area contributed by atoms with E-state index in [9.17, 15) is 13.2 Å². The van der Waals surface area contributed by atoms with Gasteiger partial charge in [0.1, 0.15) is 17.5 Å². The van der Waals surface area contributed by atoms with Crippen molar-refractivity contribution in [3.63, 3.8) is 0 Å². The van der Waals surface area contributed by atoms with Gasteiger partial charge in [-0.25, -0.2) is 13.2 Å². The monoisotopic (exact) mass is 222 g/mol. The second kappa shape index (κ2) is 4.00. The van der Waals surface area contributed by atoms with Crippen LogP contribution in [-0.2, 0) is 0 Å². The third-order valence-electron chi connectivity index (χ3n) is 2.24. The van der Waals surface area contributed by atoms with E-state index in [1.54, 1.807) is 13.0 Å². The van der Waals surface area contributed by atoms with Crippen molar-refractivity contribution in [3.05, 3.63) is 59.4 Å². The van der Waals surface area contributed by atoms with Crippen LogP contribution in [0.5, 0.6) is 0 Å². The van der Waals surface area contributed by atoms with Gasteiger partial charge in [0, 0.05) is 6.07 Å². The molecular weight excluding hydrogens is 213 g/mol. The molecule has 0 heterocycles. The summed E-state index contributed by atoms with van der Waals surface area (Å²) in [6.45, 7) is 1.72. The van der Waals surface area contributed by atoms with Gasteiger partial charge in [-0.1, -0.05) is 6.07 Å². The van der Waals surface area contributed by atoms with E-state index in [0.29, 0.717) is 16.7 Å². The van der Waals surface area contributed by atoms with Crippen LogP contribution in [0.3, 0.4) is 0 Å². The van der Waals surface area contributed by atoms with Gasteiger partial charge in [-0.05, 0) is 47.9 Å². The van der Waals surface area contributed by atoms with Crippen LogP contribution in [0, 0.1) is 24.4 Å². The Morgan fingerprint density at radius 1 is 0.625 bits per heavy atom. The Hall–Kier alpha value is -1.77. The van der Waals surface area contributed by atoms with Gasteiger partial charge >= 0.3 is 0 Å². The molecule has 0 saturated heterocycles. The molecule has 0 fully saturated rings. The van der Waals surface area contributed by atoms with E-state index in [2.05, 4.69) is 0 Å². The molecule has 16 heavy (non-hydrogen) atoms. The maximum atomic E-state index is 13.1. The van der Waals surface area contributed by atoms with Crippen molar-refractivity contribution in [2.24, 2.45) is 0 Å². The summed E-state index contributed by atoms with van der Waals surface area (Å²) >= 11 is 0. The molecule has 0 atom stereocenters. The molecule has 0 aromatic heterocycles. The first-order valence-electron chi connectivity index (χ1n) is 4.78. The summed E-state index contributed by atoms with van der Waals surface area (Å²) in [4.78, 5) is 0. The topological polar surface area (TPSA) is 0 Å². The van der Waals surface area contributed by atoms with Crippen molar-refractivity contribution in [1.29, 1.82) is 0 Å². The van der Waals surface area contributed by atoms with Crippen molar-refractivity contribution < 1.29 is 13.2 Å². The first kappa shape index (κ1) is 10.7. The average molecular weight is 222 g/mol. The van der Waals surface area contributed by atoms with Crippen LogP contribution in [0.15, 0.2) is 36.4 Å². The van der Waals surface area contributed by atoms with Crippen LogP contribution >= 0.6 is 0 Å². The molecule has 0 aliphatic carbocycles. The minimum atomic E-state index is -0.670. The molecule has 0 aliphatic heterocycles. The maximum Gasteiger partial charge on any atom is 0.126 e. The summed E-state index contributed by atoms with van der Waals surface area (Å²) < 4.78 is 39.1. The molecule has 2 aromatic rings. The molecule has 0 amide bonds. The van der Waals surface area contributed by atoms with Crippen molar-refractivity contribution in [3.8, 4) is 11.1 Å². The zero-order chi connectivity index (χ0) is 11.7. The van der Waals surface area contributed by atoms with E-state index < -0.39 is 17.5 Å². The molecule has 0 bridgehead atoms. The van der Waals surface area contributed by atoms with Crippen molar-refractivity contribution >= 4 is 0 Å². The molecule has 0 radical (unpaired) electrons. The fraction of sp³-hybridized carbons (Fsp3) is 0.0769. The standard InChI is InChI=1S/C13H9F3/c1-8-2-9(4-11(14)3-8)10-5-12(15)7-13(16)6-10/h2-7H,1H3. The number of hydrogen-bond donors (Lipinski definition) is 0. The lowest BCUT2D eigenvalue weighted by Crippen LogP contribution is -1.86. The lowest BCUT2D eigenvalue weighted by molar-refractivity contribution is 0.584. The summed E-state index contributed by atoms with van der Waals surface area (Å²) in [5, 5.41) is 0. The lowest BCUT2D eigenvalue weighted by atomic mass is 10.0. The second-order valence-corrected chi connectivity index (χ2v) is 3.68. The quantitative estimate of drug-likeness (QED) is 0.682. The Bertz CT molecular complexity index is 443. The summed E-state index contributed by atoms with van der Waals surface area (Å²) in [5.74, 6) is -1.76. The van der Waals surface area contributed by atoms with Gasteiger partial charge in [0.25, 0.3) is 0 Å². The molecular formula is C13H9F3. The fourth-order valence-electron chi connectivity index (χ4n) is 1.62. The number of halogens is 3. The van der Waals surface area contributed by atoms with Crippen LogP contribution in [0.4, 0.5) is 13.2 Å². The van der Waals surface area contributed by atoms with Crippen LogP contribution < -0.4 is 0 Å². The molecule has 0 unspecified atom stereocenters.